The first-order valence-electron chi connectivity index (χ1n) is 7.53. The number of hydrogen-bond donors (Lipinski definition) is 1. The Labute approximate surface area is 125 Å². The number of anilines is 1. The van der Waals surface area contributed by atoms with Crippen LogP contribution in [0, 0.1) is 5.92 Å². The van der Waals surface area contributed by atoms with Gasteiger partial charge in [0.1, 0.15) is 6.10 Å². The van der Waals surface area contributed by atoms with Crippen molar-refractivity contribution in [2.75, 3.05) is 11.9 Å². The zero-order valence-corrected chi connectivity index (χ0v) is 13.0. The van der Waals surface area contributed by atoms with Crippen LogP contribution in [0.25, 0.3) is 0 Å². The molecule has 0 aromatic carbocycles. The van der Waals surface area contributed by atoms with Gasteiger partial charge in [-0.15, -0.1) is 0 Å². The van der Waals surface area contributed by atoms with Crippen molar-refractivity contribution in [2.45, 2.75) is 58.5 Å². The molecule has 1 N–H and O–H groups in total. The summed E-state index contributed by atoms with van der Waals surface area (Å²) in [7, 11) is 0. The van der Waals surface area contributed by atoms with Crippen LogP contribution in [0.15, 0.2) is 0 Å². The van der Waals surface area contributed by atoms with Gasteiger partial charge >= 0.3 is 6.01 Å². The normalized spacial score (nSPS) is 22.6. The van der Waals surface area contributed by atoms with Crippen LogP contribution >= 0.6 is 11.6 Å². The summed E-state index contributed by atoms with van der Waals surface area (Å²) in [5.41, 5.74) is 0. The van der Waals surface area contributed by atoms with E-state index in [-0.39, 0.29) is 11.4 Å². The minimum absolute atomic E-state index is 0.177. The highest BCUT2D eigenvalue weighted by Crippen LogP contribution is 2.29. The van der Waals surface area contributed by atoms with Crippen molar-refractivity contribution >= 4 is 17.5 Å². The average molecular weight is 299 g/mol. The van der Waals surface area contributed by atoms with E-state index in [1.807, 2.05) is 0 Å². The van der Waals surface area contributed by atoms with Crippen LogP contribution in [-0.4, -0.2) is 27.6 Å². The lowest BCUT2D eigenvalue weighted by molar-refractivity contribution is 0.111. The van der Waals surface area contributed by atoms with Gasteiger partial charge in [0.15, 0.2) is 0 Å². The maximum atomic E-state index is 5.92. The van der Waals surface area contributed by atoms with E-state index in [1.54, 1.807) is 0 Å². The van der Waals surface area contributed by atoms with E-state index in [0.717, 1.165) is 31.7 Å². The molecule has 0 amide bonds. The summed E-state index contributed by atoms with van der Waals surface area (Å²) in [6.45, 7) is 5.13. The van der Waals surface area contributed by atoms with Crippen molar-refractivity contribution in [1.29, 1.82) is 0 Å². The van der Waals surface area contributed by atoms with Gasteiger partial charge in [-0.1, -0.05) is 26.7 Å². The van der Waals surface area contributed by atoms with Crippen LogP contribution in [0.5, 0.6) is 6.01 Å². The maximum Gasteiger partial charge on any atom is 0.322 e. The lowest BCUT2D eigenvalue weighted by Crippen LogP contribution is -2.26. The average Bonchev–Trinajstić information content (AvgIpc) is 2.44. The molecule has 5 nitrogen and oxygen atoms in total. The maximum absolute atomic E-state index is 5.92. The summed E-state index contributed by atoms with van der Waals surface area (Å²) in [6, 6.07) is 0.338. The monoisotopic (exact) mass is 298 g/mol. The molecule has 0 aliphatic heterocycles. The Morgan fingerprint density at radius 3 is 2.85 bits per heavy atom. The first kappa shape index (κ1) is 15.3. The Balaban J connectivity index is 1.99. The van der Waals surface area contributed by atoms with Crippen LogP contribution in [-0.2, 0) is 0 Å². The van der Waals surface area contributed by atoms with Gasteiger partial charge in [-0.3, -0.25) is 0 Å². The number of halogens is 1. The summed E-state index contributed by atoms with van der Waals surface area (Å²) in [6.07, 6.45) is 7.07. The lowest BCUT2D eigenvalue weighted by atomic mass is 9.86. The van der Waals surface area contributed by atoms with Gasteiger partial charge in [0.05, 0.1) is 0 Å². The zero-order chi connectivity index (χ0) is 14.4. The molecule has 2 unspecified atom stereocenters. The summed E-state index contributed by atoms with van der Waals surface area (Å²) in [5, 5.41) is 3.28. The third-order valence-electron chi connectivity index (χ3n) is 3.70. The largest absolute Gasteiger partial charge is 0.460 e. The molecule has 1 aromatic rings. The molecule has 2 atom stereocenters. The van der Waals surface area contributed by atoms with Crippen LogP contribution in [0.3, 0.4) is 0 Å². The minimum Gasteiger partial charge on any atom is -0.460 e. The third kappa shape index (κ3) is 4.47. The van der Waals surface area contributed by atoms with Crippen molar-refractivity contribution in [3.05, 3.63) is 5.28 Å². The van der Waals surface area contributed by atoms with Gasteiger partial charge in [0.2, 0.25) is 11.2 Å². The molecule has 112 valence electrons. The Kier molecular flexibility index (Phi) is 5.83. The SMILES string of the molecule is CCCNc1nc(Cl)nc(OC2CCCC(CC)C2)n1. The molecule has 0 radical (unpaired) electrons. The van der Waals surface area contributed by atoms with E-state index in [1.165, 1.54) is 19.3 Å². The number of ether oxygens (including phenoxy) is 1. The number of aromatic nitrogens is 3. The van der Waals surface area contributed by atoms with E-state index < -0.39 is 0 Å². The number of nitrogens with one attached hydrogen (secondary N) is 1. The first-order chi connectivity index (χ1) is 9.71. The molecule has 2 rings (SSSR count). The fraction of sp³-hybridized carbons (Fsp3) is 0.786. The second kappa shape index (κ2) is 7.62. The fourth-order valence-corrected chi connectivity index (χ4v) is 2.72. The fourth-order valence-electron chi connectivity index (χ4n) is 2.57. The van der Waals surface area contributed by atoms with Gasteiger partial charge in [-0.25, -0.2) is 0 Å². The predicted octanol–water partition coefficient (Wildman–Crippen LogP) is 3.69. The molecule has 1 heterocycles. The highest BCUT2D eigenvalue weighted by Gasteiger charge is 2.23. The highest BCUT2D eigenvalue weighted by molar-refractivity contribution is 6.28. The van der Waals surface area contributed by atoms with Crippen molar-refractivity contribution < 1.29 is 4.74 Å². The Hall–Kier alpha value is -1.10. The van der Waals surface area contributed by atoms with Gasteiger partial charge in [-0.05, 0) is 43.2 Å². The smallest absolute Gasteiger partial charge is 0.322 e. The quantitative estimate of drug-likeness (QED) is 0.868. The Morgan fingerprint density at radius 2 is 2.10 bits per heavy atom. The van der Waals surface area contributed by atoms with Crippen molar-refractivity contribution in [3.8, 4) is 6.01 Å². The zero-order valence-electron chi connectivity index (χ0n) is 12.2. The van der Waals surface area contributed by atoms with Gasteiger partial charge in [0.25, 0.3) is 0 Å². The highest BCUT2D eigenvalue weighted by atomic mass is 35.5. The van der Waals surface area contributed by atoms with E-state index in [4.69, 9.17) is 16.3 Å². The topological polar surface area (TPSA) is 59.9 Å². The molecular weight excluding hydrogens is 276 g/mol. The summed E-state index contributed by atoms with van der Waals surface area (Å²) >= 11 is 5.92. The lowest BCUT2D eigenvalue weighted by Gasteiger charge is -2.28. The number of nitrogens with zero attached hydrogens (tertiary/aromatic N) is 3. The molecule has 1 fully saturated rings. The van der Waals surface area contributed by atoms with Crippen LogP contribution < -0.4 is 10.1 Å². The summed E-state index contributed by atoms with van der Waals surface area (Å²) < 4.78 is 5.90. The molecule has 0 spiro atoms. The molecule has 6 heteroatoms. The molecule has 1 aliphatic carbocycles. The molecule has 0 bridgehead atoms. The van der Waals surface area contributed by atoms with Crippen molar-refractivity contribution in [3.63, 3.8) is 0 Å². The van der Waals surface area contributed by atoms with Gasteiger partial charge in [0, 0.05) is 6.54 Å². The summed E-state index contributed by atoms with van der Waals surface area (Å²) in [5.74, 6) is 1.24. The Morgan fingerprint density at radius 1 is 1.25 bits per heavy atom. The second-order valence-electron chi connectivity index (χ2n) is 5.32. The van der Waals surface area contributed by atoms with Gasteiger partial charge < -0.3 is 10.1 Å². The molecule has 1 aromatic heterocycles. The first-order valence-corrected chi connectivity index (χ1v) is 7.91. The van der Waals surface area contributed by atoms with E-state index >= 15 is 0 Å². The van der Waals surface area contributed by atoms with E-state index in [2.05, 4.69) is 34.1 Å². The van der Waals surface area contributed by atoms with E-state index in [0.29, 0.717) is 12.0 Å². The van der Waals surface area contributed by atoms with Crippen molar-refractivity contribution in [2.24, 2.45) is 5.92 Å². The molecule has 20 heavy (non-hydrogen) atoms. The second-order valence-corrected chi connectivity index (χ2v) is 5.66. The molecule has 1 saturated carbocycles. The molecular formula is C14H23ClN4O. The predicted molar refractivity (Wildman–Crippen MR) is 80.3 cm³/mol. The number of rotatable bonds is 6. The van der Waals surface area contributed by atoms with Crippen molar-refractivity contribution in [1.82, 2.24) is 15.0 Å². The third-order valence-corrected chi connectivity index (χ3v) is 3.87. The molecule has 0 saturated heterocycles. The minimum atomic E-state index is 0.177. The number of hydrogen-bond acceptors (Lipinski definition) is 5. The summed E-state index contributed by atoms with van der Waals surface area (Å²) in [4.78, 5) is 12.4. The molecule has 1 aliphatic rings. The Bertz CT molecular complexity index is 430. The standard InChI is InChI=1S/C14H23ClN4O/c1-3-8-16-13-17-12(15)18-14(19-13)20-11-7-5-6-10(4-2)9-11/h10-11H,3-9H2,1-2H3,(H,16,17,18,19). The van der Waals surface area contributed by atoms with Crippen LogP contribution in [0.2, 0.25) is 5.28 Å². The van der Waals surface area contributed by atoms with E-state index in [9.17, 15) is 0 Å². The van der Waals surface area contributed by atoms with Crippen LogP contribution in [0.4, 0.5) is 5.95 Å². The van der Waals surface area contributed by atoms with Crippen LogP contribution in [0.1, 0.15) is 52.4 Å². The van der Waals surface area contributed by atoms with Gasteiger partial charge in [-0.2, -0.15) is 15.0 Å².